The van der Waals surface area contributed by atoms with Gasteiger partial charge in [0.15, 0.2) is 11.8 Å². The van der Waals surface area contributed by atoms with Crippen LogP contribution in [0.4, 0.5) is 0 Å². The molecule has 0 aromatic carbocycles. The third-order valence-electron chi connectivity index (χ3n) is 4.89. The lowest BCUT2D eigenvalue weighted by Crippen LogP contribution is -2.48. The number of hydrogen-bond donors (Lipinski definition) is 3. The van der Waals surface area contributed by atoms with E-state index in [9.17, 15) is 5.11 Å². The maximum atomic E-state index is 10.2. The van der Waals surface area contributed by atoms with Gasteiger partial charge < -0.3 is 15.7 Å². The molecule has 1 saturated carbocycles. The van der Waals surface area contributed by atoms with Crippen LogP contribution in [0.15, 0.2) is 4.99 Å². The number of aromatic nitrogens is 3. The van der Waals surface area contributed by atoms with E-state index in [0.717, 1.165) is 62.8 Å². The number of guanidine groups is 1. The Bertz CT molecular complexity index is 596. The first-order valence-electron chi connectivity index (χ1n) is 9.20. The zero-order valence-electron chi connectivity index (χ0n) is 15.5. The fourth-order valence-corrected chi connectivity index (χ4v) is 3.17. The number of aliphatic imine (C=N–C) groups is 1. The number of fused-ring (bicyclic) bond motifs is 1. The monoisotopic (exact) mass is 462 g/mol. The number of nitrogens with one attached hydrogen (secondary N) is 2. The summed E-state index contributed by atoms with van der Waals surface area (Å²) in [4.78, 5) is 9.22. The van der Waals surface area contributed by atoms with Gasteiger partial charge >= 0.3 is 0 Å². The minimum atomic E-state index is -0.583. The van der Waals surface area contributed by atoms with Crippen molar-refractivity contribution in [2.75, 3.05) is 13.1 Å². The lowest BCUT2D eigenvalue weighted by Gasteiger charge is -2.35. The molecule has 2 aliphatic rings. The molecule has 3 rings (SSSR count). The molecule has 0 radical (unpaired) electrons. The molecule has 1 unspecified atom stereocenters. The molecule has 1 aromatic heterocycles. The van der Waals surface area contributed by atoms with E-state index in [0.29, 0.717) is 12.5 Å². The molecule has 1 aliphatic carbocycles. The fraction of sp³-hybridized carbons (Fsp3) is 0.824. The number of aliphatic hydroxyl groups is 1. The van der Waals surface area contributed by atoms with Gasteiger partial charge in [-0.25, -0.2) is 9.67 Å². The van der Waals surface area contributed by atoms with Gasteiger partial charge in [-0.2, -0.15) is 5.10 Å². The van der Waals surface area contributed by atoms with Crippen molar-refractivity contribution in [3.63, 3.8) is 0 Å². The van der Waals surface area contributed by atoms with E-state index in [-0.39, 0.29) is 30.0 Å². The summed E-state index contributed by atoms with van der Waals surface area (Å²) in [7, 11) is 0. The minimum Gasteiger partial charge on any atom is -0.388 e. The second kappa shape index (κ2) is 8.66. The smallest absolute Gasteiger partial charge is 0.191 e. The first kappa shape index (κ1) is 20.4. The Balaban J connectivity index is 0.00000225. The van der Waals surface area contributed by atoms with E-state index < -0.39 is 5.60 Å². The van der Waals surface area contributed by atoms with E-state index in [1.54, 1.807) is 0 Å². The van der Waals surface area contributed by atoms with Gasteiger partial charge in [-0.05, 0) is 32.6 Å². The summed E-state index contributed by atoms with van der Waals surface area (Å²) in [5.41, 5.74) is -0.583. The number of nitrogens with zero attached hydrogens (tertiary/aromatic N) is 4. The first-order valence-corrected chi connectivity index (χ1v) is 9.20. The molecule has 25 heavy (non-hydrogen) atoms. The molecule has 8 heteroatoms. The summed E-state index contributed by atoms with van der Waals surface area (Å²) in [6.07, 6.45) is 4.77. The predicted octanol–water partition coefficient (Wildman–Crippen LogP) is 1.80. The maximum absolute atomic E-state index is 10.2. The molecular formula is C17H31IN6O. The molecule has 7 nitrogen and oxygen atoms in total. The minimum absolute atomic E-state index is 0. The highest BCUT2D eigenvalue weighted by Gasteiger charge is 2.34. The summed E-state index contributed by atoms with van der Waals surface area (Å²) in [5.74, 6) is 3.16. The van der Waals surface area contributed by atoms with Crippen molar-refractivity contribution >= 4 is 29.9 Å². The molecule has 2 heterocycles. The highest BCUT2D eigenvalue weighted by Crippen LogP contribution is 2.31. The number of hydrogen-bond acceptors (Lipinski definition) is 4. The van der Waals surface area contributed by atoms with Gasteiger partial charge in [-0.3, -0.25) is 4.99 Å². The average Bonchev–Trinajstić information content (AvgIpc) is 2.94. The van der Waals surface area contributed by atoms with Crippen LogP contribution < -0.4 is 10.6 Å². The third-order valence-corrected chi connectivity index (χ3v) is 4.89. The maximum Gasteiger partial charge on any atom is 0.191 e. The molecule has 1 aromatic rings. The average molecular weight is 462 g/mol. The molecule has 0 spiro atoms. The van der Waals surface area contributed by atoms with E-state index in [1.165, 1.54) is 0 Å². The standard InChI is InChI=1S/C17H30N6O.HI/c1-4-18-16(19-11-17(24)8-5-9-17)20-13-6-7-14-21-15(12(2)3)22-23(14)10-13;/h12-13,24H,4-11H2,1-3H3,(H2,18,19,20);1H. The van der Waals surface area contributed by atoms with Crippen molar-refractivity contribution in [2.45, 2.75) is 77.0 Å². The van der Waals surface area contributed by atoms with Crippen LogP contribution in [-0.2, 0) is 13.0 Å². The zero-order chi connectivity index (χ0) is 17.2. The number of rotatable bonds is 5. The summed E-state index contributed by atoms with van der Waals surface area (Å²) >= 11 is 0. The second-order valence-corrected chi connectivity index (χ2v) is 7.38. The van der Waals surface area contributed by atoms with Gasteiger partial charge in [0.1, 0.15) is 5.82 Å². The number of halogens is 1. The van der Waals surface area contributed by atoms with Crippen molar-refractivity contribution in [1.82, 2.24) is 25.4 Å². The molecule has 0 amide bonds. The van der Waals surface area contributed by atoms with Crippen LogP contribution in [0, 0.1) is 0 Å². The lowest BCUT2D eigenvalue weighted by molar-refractivity contribution is -0.0236. The Kier molecular flexibility index (Phi) is 7.07. The predicted molar refractivity (Wildman–Crippen MR) is 110 cm³/mol. The van der Waals surface area contributed by atoms with Crippen LogP contribution in [0.2, 0.25) is 0 Å². The lowest BCUT2D eigenvalue weighted by atomic mass is 9.80. The molecule has 142 valence electrons. The molecule has 1 atom stereocenters. The van der Waals surface area contributed by atoms with Crippen molar-refractivity contribution < 1.29 is 5.11 Å². The van der Waals surface area contributed by atoms with Crippen LogP contribution >= 0.6 is 24.0 Å². The van der Waals surface area contributed by atoms with Gasteiger partial charge in [0, 0.05) is 24.9 Å². The van der Waals surface area contributed by atoms with E-state index in [4.69, 9.17) is 0 Å². The van der Waals surface area contributed by atoms with E-state index in [1.807, 2.05) is 4.68 Å². The van der Waals surface area contributed by atoms with Crippen LogP contribution in [0.25, 0.3) is 0 Å². The van der Waals surface area contributed by atoms with Gasteiger partial charge in [-0.15, -0.1) is 24.0 Å². The molecular weight excluding hydrogens is 431 g/mol. The van der Waals surface area contributed by atoms with Crippen molar-refractivity contribution in [3.8, 4) is 0 Å². The topological polar surface area (TPSA) is 87.4 Å². The Morgan fingerprint density at radius 2 is 2.20 bits per heavy atom. The second-order valence-electron chi connectivity index (χ2n) is 7.38. The summed E-state index contributed by atoms with van der Waals surface area (Å²) in [6.45, 7) is 8.39. The van der Waals surface area contributed by atoms with Crippen molar-refractivity contribution in [2.24, 2.45) is 4.99 Å². The van der Waals surface area contributed by atoms with Crippen LogP contribution in [0.1, 0.15) is 64.0 Å². The molecule has 1 aliphatic heterocycles. The van der Waals surface area contributed by atoms with Crippen LogP contribution in [0.3, 0.4) is 0 Å². The summed E-state index contributed by atoms with van der Waals surface area (Å²) in [5, 5.41) is 21.6. The van der Waals surface area contributed by atoms with Crippen LogP contribution in [0.5, 0.6) is 0 Å². The Morgan fingerprint density at radius 3 is 2.80 bits per heavy atom. The Hall–Kier alpha value is -0.900. The zero-order valence-corrected chi connectivity index (χ0v) is 17.8. The Labute approximate surface area is 167 Å². The quantitative estimate of drug-likeness (QED) is 0.353. The summed E-state index contributed by atoms with van der Waals surface area (Å²) < 4.78 is 2.03. The highest BCUT2D eigenvalue weighted by molar-refractivity contribution is 14.0. The third kappa shape index (κ3) is 5.06. The van der Waals surface area contributed by atoms with Crippen LogP contribution in [-0.4, -0.2) is 50.6 Å². The largest absolute Gasteiger partial charge is 0.388 e. The SMILES string of the molecule is CCNC(=NCC1(O)CCC1)NC1CCc2nc(C(C)C)nn2C1.I. The molecule has 1 fully saturated rings. The fourth-order valence-electron chi connectivity index (χ4n) is 3.17. The highest BCUT2D eigenvalue weighted by atomic mass is 127. The van der Waals surface area contributed by atoms with Gasteiger partial charge in [-0.1, -0.05) is 13.8 Å². The summed E-state index contributed by atoms with van der Waals surface area (Å²) in [6, 6.07) is 0.285. The normalized spacial score (nSPS) is 22.0. The van der Waals surface area contributed by atoms with E-state index >= 15 is 0 Å². The van der Waals surface area contributed by atoms with E-state index in [2.05, 4.69) is 46.5 Å². The van der Waals surface area contributed by atoms with Gasteiger partial charge in [0.05, 0.1) is 18.7 Å². The van der Waals surface area contributed by atoms with Crippen molar-refractivity contribution in [3.05, 3.63) is 11.6 Å². The first-order chi connectivity index (χ1) is 11.5. The van der Waals surface area contributed by atoms with Gasteiger partial charge in [0.25, 0.3) is 0 Å². The Morgan fingerprint density at radius 1 is 1.44 bits per heavy atom. The molecule has 3 N–H and O–H groups in total. The molecule has 0 saturated heterocycles. The van der Waals surface area contributed by atoms with Gasteiger partial charge in [0.2, 0.25) is 0 Å². The van der Waals surface area contributed by atoms with Crippen molar-refractivity contribution in [1.29, 1.82) is 0 Å². The molecule has 0 bridgehead atoms. The number of aryl methyl sites for hydroxylation is 1.